The molecule has 2 nitrogen and oxygen atoms in total. The number of benzene rings is 1. The van der Waals surface area contributed by atoms with Gasteiger partial charge in [0, 0.05) is 19.0 Å². The minimum absolute atomic E-state index is 0.0188. The zero-order valence-corrected chi connectivity index (χ0v) is 8.96. The van der Waals surface area contributed by atoms with Crippen molar-refractivity contribution < 1.29 is 9.18 Å². The Balaban J connectivity index is 2.14. The molecule has 0 aliphatic carbocycles. The molecular formula is C13H12FNO. The fourth-order valence-corrected chi connectivity index (χ4v) is 1.57. The van der Waals surface area contributed by atoms with E-state index in [0.717, 1.165) is 11.3 Å². The van der Waals surface area contributed by atoms with Crippen molar-refractivity contribution in [3.05, 3.63) is 59.2 Å². The smallest absolute Gasteiger partial charge is 0.175 e. The summed E-state index contributed by atoms with van der Waals surface area (Å²) in [5, 5.41) is 0. The lowest BCUT2D eigenvalue weighted by molar-refractivity contribution is 0.101. The van der Waals surface area contributed by atoms with Gasteiger partial charge in [-0.3, -0.25) is 4.79 Å². The molecule has 0 aliphatic rings. The summed E-state index contributed by atoms with van der Waals surface area (Å²) in [4.78, 5) is 14.1. The summed E-state index contributed by atoms with van der Waals surface area (Å²) >= 11 is 0. The van der Waals surface area contributed by atoms with E-state index >= 15 is 0 Å². The molecule has 1 aromatic heterocycles. The third kappa shape index (κ3) is 2.37. The predicted octanol–water partition coefficient (Wildman–Crippen LogP) is 2.95. The van der Waals surface area contributed by atoms with Crippen molar-refractivity contribution in [2.45, 2.75) is 13.3 Å². The number of carbonyl (C=O) groups excluding carboxylic acids is 1. The fourth-order valence-electron chi connectivity index (χ4n) is 1.57. The molecule has 2 rings (SSSR count). The lowest BCUT2D eigenvalue weighted by atomic mass is 10.1. The van der Waals surface area contributed by atoms with E-state index in [-0.39, 0.29) is 11.6 Å². The van der Waals surface area contributed by atoms with Crippen molar-refractivity contribution in [1.82, 2.24) is 4.98 Å². The van der Waals surface area contributed by atoms with E-state index in [9.17, 15) is 9.18 Å². The van der Waals surface area contributed by atoms with Gasteiger partial charge in [0.05, 0.1) is 5.69 Å². The molecule has 1 aromatic carbocycles. The standard InChI is InChI=1S/C13H12FNO/c1-9(16)13-7-6-12(15-13)8-10-2-4-11(14)5-3-10/h2-7,15H,8H2,1H3. The highest BCUT2D eigenvalue weighted by atomic mass is 19.1. The van der Waals surface area contributed by atoms with Crippen LogP contribution in [0, 0.1) is 5.82 Å². The van der Waals surface area contributed by atoms with Crippen LogP contribution in [0.4, 0.5) is 4.39 Å². The Hall–Kier alpha value is -1.90. The molecule has 16 heavy (non-hydrogen) atoms. The second kappa shape index (κ2) is 4.31. The third-order valence-electron chi connectivity index (χ3n) is 2.43. The molecule has 0 fully saturated rings. The van der Waals surface area contributed by atoms with Gasteiger partial charge in [-0.25, -0.2) is 4.39 Å². The first-order chi connectivity index (χ1) is 7.65. The molecule has 0 radical (unpaired) electrons. The number of Topliss-reactive ketones (excluding diaryl/α,β-unsaturated/α-hetero) is 1. The summed E-state index contributed by atoms with van der Waals surface area (Å²) in [5.41, 5.74) is 2.58. The Morgan fingerprint density at radius 3 is 2.44 bits per heavy atom. The normalized spacial score (nSPS) is 10.4. The van der Waals surface area contributed by atoms with Gasteiger partial charge < -0.3 is 4.98 Å². The van der Waals surface area contributed by atoms with Gasteiger partial charge in [-0.15, -0.1) is 0 Å². The largest absolute Gasteiger partial charge is 0.356 e. The number of hydrogen-bond donors (Lipinski definition) is 1. The number of aromatic amines is 1. The molecule has 0 amide bonds. The summed E-state index contributed by atoms with van der Waals surface area (Å²) in [6.45, 7) is 1.52. The van der Waals surface area contributed by atoms with Crippen LogP contribution in [0.5, 0.6) is 0 Å². The van der Waals surface area contributed by atoms with Crippen molar-refractivity contribution >= 4 is 5.78 Å². The van der Waals surface area contributed by atoms with E-state index in [2.05, 4.69) is 4.98 Å². The number of carbonyl (C=O) groups is 1. The Morgan fingerprint density at radius 2 is 1.88 bits per heavy atom. The first-order valence-corrected chi connectivity index (χ1v) is 5.08. The summed E-state index contributed by atoms with van der Waals surface area (Å²) in [7, 11) is 0. The first kappa shape index (κ1) is 10.6. The fraction of sp³-hybridized carbons (Fsp3) is 0.154. The quantitative estimate of drug-likeness (QED) is 0.788. The van der Waals surface area contributed by atoms with Gasteiger partial charge in [-0.2, -0.15) is 0 Å². The average Bonchev–Trinajstić information content (AvgIpc) is 2.70. The topological polar surface area (TPSA) is 32.9 Å². The second-order valence-electron chi connectivity index (χ2n) is 3.76. The van der Waals surface area contributed by atoms with Crippen LogP contribution in [-0.2, 0) is 6.42 Å². The zero-order valence-electron chi connectivity index (χ0n) is 8.96. The maximum atomic E-state index is 12.7. The van der Waals surface area contributed by atoms with Crippen LogP contribution in [0.1, 0.15) is 28.7 Å². The molecule has 0 aliphatic heterocycles. The number of H-pyrrole nitrogens is 1. The molecule has 0 saturated heterocycles. The van der Waals surface area contributed by atoms with Gasteiger partial charge in [-0.1, -0.05) is 12.1 Å². The van der Waals surface area contributed by atoms with Crippen molar-refractivity contribution in [2.24, 2.45) is 0 Å². The van der Waals surface area contributed by atoms with Gasteiger partial charge >= 0.3 is 0 Å². The molecule has 82 valence electrons. The third-order valence-corrected chi connectivity index (χ3v) is 2.43. The molecule has 0 spiro atoms. The lowest BCUT2D eigenvalue weighted by Crippen LogP contribution is -1.94. The van der Waals surface area contributed by atoms with Crippen molar-refractivity contribution in [2.75, 3.05) is 0 Å². The Morgan fingerprint density at radius 1 is 1.19 bits per heavy atom. The number of halogens is 1. The molecule has 3 heteroatoms. The highest BCUT2D eigenvalue weighted by molar-refractivity contribution is 5.92. The van der Waals surface area contributed by atoms with Gasteiger partial charge in [0.2, 0.25) is 0 Å². The minimum Gasteiger partial charge on any atom is -0.356 e. The van der Waals surface area contributed by atoms with Crippen LogP contribution < -0.4 is 0 Å². The molecule has 0 bridgehead atoms. The Kier molecular flexibility index (Phi) is 2.86. The van der Waals surface area contributed by atoms with Crippen LogP contribution in [0.3, 0.4) is 0 Å². The van der Waals surface area contributed by atoms with E-state index < -0.39 is 0 Å². The number of nitrogens with one attached hydrogen (secondary N) is 1. The Labute approximate surface area is 93.1 Å². The number of aromatic nitrogens is 1. The zero-order chi connectivity index (χ0) is 11.5. The number of ketones is 1. The van der Waals surface area contributed by atoms with Gasteiger partial charge in [-0.05, 0) is 29.8 Å². The maximum absolute atomic E-state index is 12.7. The molecule has 1 heterocycles. The number of hydrogen-bond acceptors (Lipinski definition) is 1. The van der Waals surface area contributed by atoms with Crippen LogP contribution in [0.15, 0.2) is 36.4 Å². The van der Waals surface area contributed by atoms with Crippen LogP contribution in [0.25, 0.3) is 0 Å². The van der Waals surface area contributed by atoms with E-state index in [1.807, 2.05) is 6.07 Å². The SMILES string of the molecule is CC(=O)c1ccc(Cc2ccc(F)cc2)[nH]1. The molecule has 0 unspecified atom stereocenters. The molecule has 1 N–H and O–H groups in total. The molecule has 0 atom stereocenters. The summed E-state index contributed by atoms with van der Waals surface area (Å²) < 4.78 is 12.7. The van der Waals surface area contributed by atoms with E-state index in [0.29, 0.717) is 12.1 Å². The molecular weight excluding hydrogens is 205 g/mol. The van der Waals surface area contributed by atoms with Gasteiger partial charge in [0.25, 0.3) is 0 Å². The van der Waals surface area contributed by atoms with Crippen molar-refractivity contribution in [3.8, 4) is 0 Å². The van der Waals surface area contributed by atoms with E-state index in [4.69, 9.17) is 0 Å². The van der Waals surface area contributed by atoms with Gasteiger partial charge in [0.1, 0.15) is 5.82 Å². The van der Waals surface area contributed by atoms with Crippen LogP contribution in [-0.4, -0.2) is 10.8 Å². The highest BCUT2D eigenvalue weighted by Gasteiger charge is 2.03. The van der Waals surface area contributed by atoms with Crippen LogP contribution >= 0.6 is 0 Å². The van der Waals surface area contributed by atoms with E-state index in [1.54, 1.807) is 18.2 Å². The highest BCUT2D eigenvalue weighted by Crippen LogP contribution is 2.10. The first-order valence-electron chi connectivity index (χ1n) is 5.08. The number of rotatable bonds is 3. The molecule has 2 aromatic rings. The maximum Gasteiger partial charge on any atom is 0.175 e. The average molecular weight is 217 g/mol. The summed E-state index contributed by atoms with van der Waals surface area (Å²) in [6, 6.07) is 9.99. The van der Waals surface area contributed by atoms with Crippen molar-refractivity contribution in [3.63, 3.8) is 0 Å². The minimum atomic E-state index is -0.236. The Bertz CT molecular complexity index is 499. The molecule has 0 saturated carbocycles. The van der Waals surface area contributed by atoms with Crippen LogP contribution in [0.2, 0.25) is 0 Å². The lowest BCUT2D eigenvalue weighted by Gasteiger charge is -1.99. The van der Waals surface area contributed by atoms with E-state index in [1.165, 1.54) is 19.1 Å². The van der Waals surface area contributed by atoms with Crippen molar-refractivity contribution in [1.29, 1.82) is 0 Å². The summed E-state index contributed by atoms with van der Waals surface area (Å²) in [6.07, 6.45) is 0.674. The summed E-state index contributed by atoms with van der Waals surface area (Å²) in [5.74, 6) is -0.218. The predicted molar refractivity (Wildman–Crippen MR) is 60.0 cm³/mol. The second-order valence-corrected chi connectivity index (χ2v) is 3.76. The van der Waals surface area contributed by atoms with Gasteiger partial charge in [0.15, 0.2) is 5.78 Å². The monoisotopic (exact) mass is 217 g/mol.